The van der Waals surface area contributed by atoms with Crippen LogP contribution in [0.1, 0.15) is 31.2 Å². The number of ether oxygens (including phenoxy) is 1. The summed E-state index contributed by atoms with van der Waals surface area (Å²) in [4.78, 5) is 0. The fraction of sp³-hybridized carbons (Fsp3) is 0.625. The zero-order valence-corrected chi connectivity index (χ0v) is 13.0. The number of hydrogen-bond donors (Lipinski definition) is 1. The van der Waals surface area contributed by atoms with Crippen molar-refractivity contribution < 1.29 is 4.74 Å². The zero-order valence-electron chi connectivity index (χ0n) is 11.4. The Hall–Kier alpha value is -0.540. The summed E-state index contributed by atoms with van der Waals surface area (Å²) in [6.45, 7) is 0. The maximum atomic E-state index is 6.47. The fourth-order valence-electron chi connectivity index (χ4n) is 3.91. The SMILES string of the molecule is COc1ccc(Br)c(CC(N)C2C3CCCCC32)c1. The lowest BCUT2D eigenvalue weighted by Crippen LogP contribution is -2.27. The Bertz CT molecular complexity index is 450. The van der Waals surface area contributed by atoms with Crippen LogP contribution in [0.4, 0.5) is 0 Å². The second-order valence-electron chi connectivity index (χ2n) is 6.01. The molecule has 1 aromatic carbocycles. The Balaban J connectivity index is 1.68. The Labute approximate surface area is 123 Å². The summed E-state index contributed by atoms with van der Waals surface area (Å²) in [5.41, 5.74) is 7.74. The van der Waals surface area contributed by atoms with Crippen LogP contribution in [0.15, 0.2) is 22.7 Å². The predicted octanol–water partition coefficient (Wildman–Crippen LogP) is 3.76. The molecule has 19 heavy (non-hydrogen) atoms. The highest BCUT2D eigenvalue weighted by Gasteiger charge is 2.52. The van der Waals surface area contributed by atoms with Gasteiger partial charge in [-0.2, -0.15) is 0 Å². The second kappa shape index (κ2) is 5.45. The molecule has 3 atom stereocenters. The molecule has 2 fully saturated rings. The highest BCUT2D eigenvalue weighted by atomic mass is 79.9. The molecule has 3 rings (SSSR count). The molecule has 0 bridgehead atoms. The summed E-state index contributed by atoms with van der Waals surface area (Å²) in [6, 6.07) is 6.45. The number of methoxy groups -OCH3 is 1. The summed E-state index contributed by atoms with van der Waals surface area (Å²) in [5, 5.41) is 0. The van der Waals surface area contributed by atoms with Crippen LogP contribution in [-0.4, -0.2) is 13.2 Å². The molecule has 0 saturated heterocycles. The third kappa shape index (κ3) is 2.68. The van der Waals surface area contributed by atoms with Gasteiger partial charge in [-0.25, -0.2) is 0 Å². The summed E-state index contributed by atoms with van der Waals surface area (Å²) < 4.78 is 6.45. The van der Waals surface area contributed by atoms with Crippen molar-refractivity contribution in [3.05, 3.63) is 28.2 Å². The molecule has 104 valence electrons. The van der Waals surface area contributed by atoms with E-state index >= 15 is 0 Å². The Kier molecular flexibility index (Phi) is 3.86. The van der Waals surface area contributed by atoms with Crippen molar-refractivity contribution in [2.45, 2.75) is 38.1 Å². The summed E-state index contributed by atoms with van der Waals surface area (Å²) >= 11 is 3.62. The van der Waals surface area contributed by atoms with Crippen LogP contribution < -0.4 is 10.5 Å². The third-order valence-electron chi connectivity index (χ3n) is 4.93. The number of nitrogens with two attached hydrogens (primary N) is 1. The van der Waals surface area contributed by atoms with Crippen LogP contribution in [0.3, 0.4) is 0 Å². The number of rotatable bonds is 4. The van der Waals surface area contributed by atoms with Crippen LogP contribution in [0, 0.1) is 17.8 Å². The van der Waals surface area contributed by atoms with E-state index in [9.17, 15) is 0 Å². The molecule has 0 aliphatic heterocycles. The quantitative estimate of drug-likeness (QED) is 0.915. The van der Waals surface area contributed by atoms with Gasteiger partial charge in [0, 0.05) is 10.5 Å². The van der Waals surface area contributed by atoms with Crippen molar-refractivity contribution >= 4 is 15.9 Å². The first-order chi connectivity index (χ1) is 9.20. The number of hydrogen-bond acceptors (Lipinski definition) is 2. The van der Waals surface area contributed by atoms with E-state index < -0.39 is 0 Å². The maximum absolute atomic E-state index is 6.47. The lowest BCUT2D eigenvalue weighted by atomic mass is 10.0. The molecule has 2 aliphatic rings. The lowest BCUT2D eigenvalue weighted by molar-refractivity contribution is 0.413. The van der Waals surface area contributed by atoms with Gasteiger partial charge in [0.05, 0.1) is 7.11 Å². The van der Waals surface area contributed by atoms with Crippen LogP contribution >= 0.6 is 15.9 Å². The minimum Gasteiger partial charge on any atom is -0.497 e. The standard InChI is InChI=1S/C16H22BrNO/c1-19-11-6-7-14(17)10(8-11)9-15(18)16-12-4-2-3-5-13(12)16/h6-8,12-13,15-16H,2-5,9,18H2,1H3. The van der Waals surface area contributed by atoms with Crippen LogP contribution in [0.25, 0.3) is 0 Å². The van der Waals surface area contributed by atoms with Gasteiger partial charge in [-0.05, 0) is 60.8 Å². The fourth-order valence-corrected chi connectivity index (χ4v) is 4.32. The van der Waals surface area contributed by atoms with E-state index in [1.807, 2.05) is 6.07 Å². The minimum atomic E-state index is 0.302. The van der Waals surface area contributed by atoms with Crippen molar-refractivity contribution in [2.75, 3.05) is 7.11 Å². The molecule has 0 spiro atoms. The van der Waals surface area contributed by atoms with Gasteiger partial charge in [0.25, 0.3) is 0 Å². The van der Waals surface area contributed by atoms with Gasteiger partial charge in [0.15, 0.2) is 0 Å². The third-order valence-corrected chi connectivity index (χ3v) is 5.70. The second-order valence-corrected chi connectivity index (χ2v) is 6.87. The van der Waals surface area contributed by atoms with Gasteiger partial charge in [0.2, 0.25) is 0 Å². The predicted molar refractivity (Wildman–Crippen MR) is 81.3 cm³/mol. The van der Waals surface area contributed by atoms with Crippen molar-refractivity contribution in [3.8, 4) is 5.75 Å². The topological polar surface area (TPSA) is 35.2 Å². The van der Waals surface area contributed by atoms with Crippen molar-refractivity contribution in [3.63, 3.8) is 0 Å². The normalized spacial score (nSPS) is 30.6. The first kappa shape index (κ1) is 13.4. The highest BCUT2D eigenvalue weighted by Crippen LogP contribution is 2.57. The molecular weight excluding hydrogens is 302 g/mol. The summed E-state index contributed by atoms with van der Waals surface area (Å²) in [5.74, 6) is 3.53. The molecule has 2 aliphatic carbocycles. The minimum absolute atomic E-state index is 0.302. The zero-order chi connectivity index (χ0) is 13.4. The molecule has 0 amide bonds. The van der Waals surface area contributed by atoms with Gasteiger partial charge in [-0.1, -0.05) is 28.8 Å². The molecule has 0 radical (unpaired) electrons. The Morgan fingerprint density at radius 2 is 2.00 bits per heavy atom. The van der Waals surface area contributed by atoms with Gasteiger partial charge in [0.1, 0.15) is 5.75 Å². The molecule has 0 aromatic heterocycles. The average molecular weight is 324 g/mol. The van der Waals surface area contributed by atoms with E-state index in [1.54, 1.807) is 7.11 Å². The van der Waals surface area contributed by atoms with Crippen LogP contribution in [0.2, 0.25) is 0 Å². The van der Waals surface area contributed by atoms with Crippen molar-refractivity contribution in [1.29, 1.82) is 0 Å². The largest absolute Gasteiger partial charge is 0.497 e. The van der Waals surface area contributed by atoms with Gasteiger partial charge >= 0.3 is 0 Å². The molecule has 3 heteroatoms. The number of fused-ring (bicyclic) bond motifs is 1. The first-order valence-corrected chi connectivity index (χ1v) is 8.08. The van der Waals surface area contributed by atoms with Gasteiger partial charge < -0.3 is 10.5 Å². The van der Waals surface area contributed by atoms with E-state index in [0.717, 1.165) is 34.4 Å². The molecule has 2 nitrogen and oxygen atoms in total. The van der Waals surface area contributed by atoms with Crippen molar-refractivity contribution in [2.24, 2.45) is 23.5 Å². The van der Waals surface area contributed by atoms with Crippen LogP contribution in [-0.2, 0) is 6.42 Å². The maximum Gasteiger partial charge on any atom is 0.119 e. The first-order valence-electron chi connectivity index (χ1n) is 7.28. The highest BCUT2D eigenvalue weighted by molar-refractivity contribution is 9.10. The monoisotopic (exact) mass is 323 g/mol. The van der Waals surface area contributed by atoms with E-state index in [2.05, 4.69) is 28.1 Å². The van der Waals surface area contributed by atoms with E-state index in [1.165, 1.54) is 31.2 Å². The smallest absolute Gasteiger partial charge is 0.119 e. The van der Waals surface area contributed by atoms with Crippen LogP contribution in [0.5, 0.6) is 5.75 Å². The number of benzene rings is 1. The Morgan fingerprint density at radius 3 is 2.63 bits per heavy atom. The van der Waals surface area contributed by atoms with E-state index in [0.29, 0.717) is 6.04 Å². The average Bonchev–Trinajstić information content (AvgIpc) is 3.15. The van der Waals surface area contributed by atoms with E-state index in [-0.39, 0.29) is 0 Å². The summed E-state index contributed by atoms with van der Waals surface area (Å²) in [6.07, 6.45) is 6.58. The molecule has 0 heterocycles. The molecular formula is C16H22BrNO. The molecule has 1 aromatic rings. The van der Waals surface area contributed by atoms with Gasteiger partial charge in [-0.3, -0.25) is 0 Å². The number of halogens is 1. The lowest BCUT2D eigenvalue weighted by Gasteiger charge is -2.14. The van der Waals surface area contributed by atoms with E-state index in [4.69, 9.17) is 10.5 Å². The molecule has 2 N–H and O–H groups in total. The molecule has 2 saturated carbocycles. The van der Waals surface area contributed by atoms with Crippen molar-refractivity contribution in [1.82, 2.24) is 0 Å². The summed E-state index contributed by atoms with van der Waals surface area (Å²) in [7, 11) is 1.71. The molecule has 3 unspecified atom stereocenters. The van der Waals surface area contributed by atoms with Gasteiger partial charge in [-0.15, -0.1) is 0 Å². The Morgan fingerprint density at radius 1 is 1.32 bits per heavy atom.